The molecule has 0 aliphatic rings. The fraction of sp³-hybridized carbons (Fsp3) is 0.167. The summed E-state index contributed by atoms with van der Waals surface area (Å²) in [6.07, 6.45) is -0.136. The lowest BCUT2D eigenvalue weighted by molar-refractivity contribution is -0.120. The fourth-order valence-corrected chi connectivity index (χ4v) is 1.44. The van der Waals surface area contributed by atoms with Gasteiger partial charge in [-0.15, -0.1) is 10.2 Å². The van der Waals surface area contributed by atoms with E-state index in [-0.39, 0.29) is 23.6 Å². The van der Waals surface area contributed by atoms with Gasteiger partial charge in [0, 0.05) is 0 Å². The molecule has 104 valence electrons. The summed E-state index contributed by atoms with van der Waals surface area (Å²) in [7, 11) is 0. The molecule has 0 fully saturated rings. The number of rotatable bonds is 4. The summed E-state index contributed by atoms with van der Waals surface area (Å²) in [6.45, 7) is 1.51. The zero-order chi connectivity index (χ0) is 14.5. The summed E-state index contributed by atoms with van der Waals surface area (Å²) >= 11 is 0. The molecular formula is C12H12FN5O2. The third kappa shape index (κ3) is 3.37. The van der Waals surface area contributed by atoms with E-state index in [4.69, 9.17) is 0 Å². The Morgan fingerprint density at radius 3 is 2.80 bits per heavy atom. The lowest BCUT2D eigenvalue weighted by Crippen LogP contribution is -2.33. The number of carbonyl (C=O) groups excluding carboxylic acids is 1. The minimum atomic E-state index is -0.474. The molecule has 0 aliphatic heterocycles. The highest BCUT2D eigenvalue weighted by molar-refractivity contribution is 5.79. The van der Waals surface area contributed by atoms with Crippen molar-refractivity contribution in [3.05, 3.63) is 51.7 Å². The molecule has 20 heavy (non-hydrogen) atoms. The summed E-state index contributed by atoms with van der Waals surface area (Å²) in [5.41, 5.74) is 4.77. The Bertz CT molecular complexity index is 686. The number of amides is 1. The summed E-state index contributed by atoms with van der Waals surface area (Å²) in [4.78, 5) is 25.2. The van der Waals surface area contributed by atoms with Crippen molar-refractivity contribution in [2.45, 2.75) is 13.3 Å². The Morgan fingerprint density at radius 2 is 2.10 bits per heavy atom. The summed E-state index contributed by atoms with van der Waals surface area (Å²) in [5.74, 6) is -0.924. The number of aryl methyl sites for hydroxylation is 1. The topological polar surface area (TPSA) is 99.8 Å². The van der Waals surface area contributed by atoms with Crippen LogP contribution < -0.4 is 16.4 Å². The van der Waals surface area contributed by atoms with Gasteiger partial charge in [-0.25, -0.2) is 4.39 Å². The number of aromatic nitrogens is 3. The van der Waals surface area contributed by atoms with Crippen LogP contribution in [0.15, 0.2) is 29.1 Å². The molecule has 0 saturated carbocycles. The van der Waals surface area contributed by atoms with Crippen molar-refractivity contribution < 1.29 is 9.18 Å². The van der Waals surface area contributed by atoms with E-state index in [2.05, 4.69) is 26.0 Å². The monoisotopic (exact) mass is 277 g/mol. The van der Waals surface area contributed by atoms with Crippen LogP contribution in [0.4, 0.5) is 10.3 Å². The number of nitrogens with one attached hydrogen (secondary N) is 3. The molecule has 0 bridgehead atoms. The van der Waals surface area contributed by atoms with Crippen molar-refractivity contribution in [3.63, 3.8) is 0 Å². The first-order valence-electron chi connectivity index (χ1n) is 5.78. The van der Waals surface area contributed by atoms with E-state index in [1.165, 1.54) is 19.1 Å². The van der Waals surface area contributed by atoms with Gasteiger partial charge in [-0.1, -0.05) is 18.2 Å². The van der Waals surface area contributed by atoms with Crippen molar-refractivity contribution in [1.82, 2.24) is 20.6 Å². The molecule has 1 aromatic carbocycles. The predicted molar refractivity (Wildman–Crippen MR) is 69.3 cm³/mol. The summed E-state index contributed by atoms with van der Waals surface area (Å²) < 4.78 is 13.3. The van der Waals surface area contributed by atoms with Crippen LogP contribution in [0.2, 0.25) is 0 Å². The molecule has 0 spiro atoms. The number of hydrogen-bond acceptors (Lipinski definition) is 5. The predicted octanol–water partition coefficient (Wildman–Crippen LogP) is 0.298. The van der Waals surface area contributed by atoms with Crippen molar-refractivity contribution in [2.75, 3.05) is 5.43 Å². The molecule has 7 nitrogen and oxygen atoms in total. The number of benzene rings is 1. The first kappa shape index (κ1) is 13.7. The van der Waals surface area contributed by atoms with Crippen LogP contribution in [0, 0.1) is 12.7 Å². The zero-order valence-electron chi connectivity index (χ0n) is 10.6. The first-order chi connectivity index (χ1) is 9.56. The molecule has 8 heteroatoms. The van der Waals surface area contributed by atoms with Crippen LogP contribution in [-0.2, 0) is 11.2 Å². The van der Waals surface area contributed by atoms with Crippen LogP contribution in [0.1, 0.15) is 11.3 Å². The van der Waals surface area contributed by atoms with Gasteiger partial charge in [-0.3, -0.25) is 25.4 Å². The third-order valence-electron chi connectivity index (χ3n) is 2.49. The van der Waals surface area contributed by atoms with Gasteiger partial charge in [-0.2, -0.15) is 0 Å². The molecule has 1 aromatic heterocycles. The van der Waals surface area contributed by atoms with Crippen molar-refractivity contribution in [1.29, 1.82) is 0 Å². The summed E-state index contributed by atoms with van der Waals surface area (Å²) in [6, 6.07) is 5.98. The Labute approximate surface area is 113 Å². The lowest BCUT2D eigenvalue weighted by atomic mass is 10.1. The molecule has 3 N–H and O–H groups in total. The molecule has 0 saturated heterocycles. The van der Waals surface area contributed by atoms with E-state index in [9.17, 15) is 14.0 Å². The fourth-order valence-electron chi connectivity index (χ4n) is 1.44. The first-order valence-corrected chi connectivity index (χ1v) is 5.78. The smallest absolute Gasteiger partial charge is 0.274 e. The standard InChI is InChI=1S/C12H12FN5O2/c1-7-11(20)14-12(17-15-7)18-16-10(19)6-8-4-2-3-5-9(8)13/h2-5H,6H2,1H3,(H,16,19)(H2,14,17,18,20). The van der Waals surface area contributed by atoms with Gasteiger partial charge in [0.15, 0.2) is 0 Å². The molecule has 2 rings (SSSR count). The largest absolute Gasteiger partial charge is 0.288 e. The lowest BCUT2D eigenvalue weighted by Gasteiger charge is -2.07. The Morgan fingerprint density at radius 1 is 1.35 bits per heavy atom. The molecule has 0 atom stereocenters. The molecule has 1 heterocycles. The number of anilines is 1. The number of hydrazine groups is 1. The van der Waals surface area contributed by atoms with E-state index in [0.29, 0.717) is 0 Å². The Kier molecular flexibility index (Phi) is 4.04. The maximum Gasteiger partial charge on any atom is 0.274 e. The van der Waals surface area contributed by atoms with Gasteiger partial charge in [0.05, 0.1) is 6.42 Å². The number of hydrogen-bond donors (Lipinski definition) is 3. The van der Waals surface area contributed by atoms with Gasteiger partial charge in [-0.05, 0) is 18.6 Å². The van der Waals surface area contributed by atoms with Crippen LogP contribution in [0.25, 0.3) is 0 Å². The number of nitrogens with zero attached hydrogens (tertiary/aromatic N) is 2. The SMILES string of the molecule is Cc1nnc(NNC(=O)Cc2ccccc2F)[nH]c1=O. The second kappa shape index (κ2) is 5.91. The average Bonchev–Trinajstić information content (AvgIpc) is 2.43. The number of H-pyrrole nitrogens is 1. The van der Waals surface area contributed by atoms with Gasteiger partial charge in [0.1, 0.15) is 11.5 Å². The second-order valence-corrected chi connectivity index (χ2v) is 4.03. The Hall–Kier alpha value is -2.77. The minimum absolute atomic E-state index is 0.00230. The number of halogens is 1. The quantitative estimate of drug-likeness (QED) is 0.698. The highest BCUT2D eigenvalue weighted by Crippen LogP contribution is 2.06. The summed E-state index contributed by atoms with van der Waals surface area (Å²) in [5, 5.41) is 7.22. The van der Waals surface area contributed by atoms with Crippen LogP contribution in [-0.4, -0.2) is 21.1 Å². The van der Waals surface area contributed by atoms with Gasteiger partial charge in [0.25, 0.3) is 5.56 Å². The zero-order valence-corrected chi connectivity index (χ0v) is 10.6. The molecule has 1 amide bonds. The van der Waals surface area contributed by atoms with E-state index >= 15 is 0 Å². The van der Waals surface area contributed by atoms with Gasteiger partial charge in [0.2, 0.25) is 11.9 Å². The van der Waals surface area contributed by atoms with E-state index in [1.54, 1.807) is 12.1 Å². The average molecular weight is 277 g/mol. The van der Waals surface area contributed by atoms with Gasteiger partial charge >= 0.3 is 0 Å². The number of aromatic amines is 1. The van der Waals surface area contributed by atoms with Crippen molar-refractivity contribution >= 4 is 11.9 Å². The molecular weight excluding hydrogens is 265 g/mol. The highest BCUT2D eigenvalue weighted by atomic mass is 19.1. The van der Waals surface area contributed by atoms with Crippen molar-refractivity contribution in [3.8, 4) is 0 Å². The maximum absolute atomic E-state index is 13.3. The van der Waals surface area contributed by atoms with E-state index in [0.717, 1.165) is 0 Å². The molecule has 2 aromatic rings. The molecule has 0 radical (unpaired) electrons. The van der Waals surface area contributed by atoms with Crippen LogP contribution in [0.3, 0.4) is 0 Å². The molecule has 0 unspecified atom stereocenters. The van der Waals surface area contributed by atoms with Crippen LogP contribution >= 0.6 is 0 Å². The van der Waals surface area contributed by atoms with Crippen LogP contribution in [0.5, 0.6) is 0 Å². The maximum atomic E-state index is 13.3. The van der Waals surface area contributed by atoms with E-state index in [1.807, 2.05) is 0 Å². The number of carbonyl (C=O) groups is 1. The third-order valence-corrected chi connectivity index (χ3v) is 2.49. The highest BCUT2D eigenvalue weighted by Gasteiger charge is 2.07. The molecule has 0 aliphatic carbocycles. The minimum Gasteiger partial charge on any atom is -0.288 e. The van der Waals surface area contributed by atoms with Crippen molar-refractivity contribution in [2.24, 2.45) is 0 Å². The Balaban J connectivity index is 1.94. The second-order valence-electron chi connectivity index (χ2n) is 4.03. The van der Waals surface area contributed by atoms with E-state index < -0.39 is 17.3 Å². The van der Waals surface area contributed by atoms with Gasteiger partial charge < -0.3 is 0 Å². The normalized spacial score (nSPS) is 10.1.